The largest absolute Gasteiger partial charge is 0.493 e. The molecule has 1 aromatic heterocycles. The van der Waals surface area contributed by atoms with Crippen molar-refractivity contribution >= 4 is 16.9 Å². The van der Waals surface area contributed by atoms with Crippen molar-refractivity contribution in [3.8, 4) is 22.9 Å². The lowest BCUT2D eigenvalue weighted by atomic mass is 10.0. The molecule has 0 radical (unpaired) electrons. The van der Waals surface area contributed by atoms with Gasteiger partial charge in [-0.25, -0.2) is 4.98 Å². The molecule has 0 fully saturated rings. The topological polar surface area (TPSA) is 65.4 Å². The third kappa shape index (κ3) is 4.76. The van der Waals surface area contributed by atoms with E-state index in [-0.39, 0.29) is 11.9 Å². The van der Waals surface area contributed by atoms with Gasteiger partial charge in [0.1, 0.15) is 11.9 Å². The summed E-state index contributed by atoms with van der Waals surface area (Å²) >= 11 is 0. The van der Waals surface area contributed by atoms with Gasteiger partial charge >= 0.3 is 0 Å². The van der Waals surface area contributed by atoms with Crippen molar-refractivity contribution in [3.63, 3.8) is 0 Å². The summed E-state index contributed by atoms with van der Waals surface area (Å²) in [6.07, 6.45) is 1.39. The van der Waals surface area contributed by atoms with Crippen LogP contribution in [0.5, 0.6) is 11.5 Å². The Bertz CT molecular complexity index is 1260. The number of aryl methyl sites for hydroxylation is 1. The van der Waals surface area contributed by atoms with E-state index in [0.717, 1.165) is 23.0 Å². The molecule has 1 amide bonds. The molecule has 0 aliphatic heterocycles. The SMILES string of the molecule is COc1cccc(-c2nc3ccccc3n2C(CCc2ccccc2)C(=O)NC(C)C)c1OC. The van der Waals surface area contributed by atoms with E-state index in [1.165, 1.54) is 5.56 Å². The number of fused-ring (bicyclic) bond motifs is 1. The average Bonchev–Trinajstić information content (AvgIpc) is 3.23. The van der Waals surface area contributed by atoms with Crippen LogP contribution in [0.3, 0.4) is 0 Å². The lowest BCUT2D eigenvalue weighted by Gasteiger charge is -2.23. The molecule has 1 atom stereocenters. The molecule has 0 spiro atoms. The Hall–Kier alpha value is -3.80. The molecule has 6 nitrogen and oxygen atoms in total. The van der Waals surface area contributed by atoms with Crippen LogP contribution in [0.15, 0.2) is 72.8 Å². The molecule has 176 valence electrons. The molecular formula is C28H31N3O3. The highest BCUT2D eigenvalue weighted by molar-refractivity contribution is 5.88. The second kappa shape index (κ2) is 10.4. The van der Waals surface area contributed by atoms with E-state index in [2.05, 4.69) is 17.4 Å². The molecule has 0 aliphatic rings. The number of carbonyl (C=O) groups excluding carboxylic acids is 1. The number of hydrogen-bond donors (Lipinski definition) is 1. The zero-order valence-electron chi connectivity index (χ0n) is 20.1. The van der Waals surface area contributed by atoms with Gasteiger partial charge in [0.25, 0.3) is 0 Å². The molecule has 0 bridgehead atoms. The fourth-order valence-electron chi connectivity index (χ4n) is 4.32. The highest BCUT2D eigenvalue weighted by Gasteiger charge is 2.28. The third-order valence-corrected chi connectivity index (χ3v) is 5.83. The molecule has 0 saturated heterocycles. The lowest BCUT2D eigenvalue weighted by molar-refractivity contribution is -0.124. The quantitative estimate of drug-likeness (QED) is 0.365. The third-order valence-electron chi connectivity index (χ3n) is 5.83. The van der Waals surface area contributed by atoms with Gasteiger partial charge in [-0.2, -0.15) is 0 Å². The number of carbonyl (C=O) groups is 1. The molecule has 1 unspecified atom stereocenters. The van der Waals surface area contributed by atoms with Gasteiger partial charge in [0.05, 0.1) is 30.8 Å². The van der Waals surface area contributed by atoms with E-state index in [1.807, 2.05) is 79.1 Å². The maximum atomic E-state index is 13.6. The Balaban J connectivity index is 1.89. The first-order chi connectivity index (χ1) is 16.5. The number of aromatic nitrogens is 2. The monoisotopic (exact) mass is 457 g/mol. The van der Waals surface area contributed by atoms with Crippen molar-refractivity contribution in [3.05, 3.63) is 78.4 Å². The molecule has 3 aromatic carbocycles. The summed E-state index contributed by atoms with van der Waals surface area (Å²) in [6, 6.07) is 23.4. The standard InChI is InChI=1S/C28H31N3O3/c1-19(2)29-28(32)24(18-17-20-11-6-5-7-12-20)31-23-15-9-8-14-22(23)30-27(31)21-13-10-16-25(33-3)26(21)34-4/h5-16,19,24H,17-18H2,1-4H3,(H,29,32). The first-order valence-corrected chi connectivity index (χ1v) is 11.6. The van der Waals surface area contributed by atoms with Gasteiger partial charge in [-0.1, -0.05) is 48.5 Å². The molecule has 4 rings (SSSR count). The number of imidazole rings is 1. The van der Waals surface area contributed by atoms with Crippen LogP contribution < -0.4 is 14.8 Å². The van der Waals surface area contributed by atoms with Crippen molar-refractivity contribution in [2.45, 2.75) is 38.8 Å². The van der Waals surface area contributed by atoms with E-state index < -0.39 is 6.04 Å². The number of methoxy groups -OCH3 is 2. The molecule has 34 heavy (non-hydrogen) atoms. The first-order valence-electron chi connectivity index (χ1n) is 11.6. The molecule has 1 heterocycles. The number of benzene rings is 3. The second-order valence-corrected chi connectivity index (χ2v) is 8.54. The van der Waals surface area contributed by atoms with Gasteiger partial charge in [0.2, 0.25) is 5.91 Å². The number of ether oxygens (including phenoxy) is 2. The number of nitrogens with zero attached hydrogens (tertiary/aromatic N) is 2. The number of para-hydroxylation sites is 3. The summed E-state index contributed by atoms with van der Waals surface area (Å²) in [5.41, 5.74) is 3.69. The van der Waals surface area contributed by atoms with Crippen LogP contribution >= 0.6 is 0 Å². The summed E-state index contributed by atoms with van der Waals surface area (Å²) in [5, 5.41) is 3.12. The maximum absolute atomic E-state index is 13.6. The van der Waals surface area contributed by atoms with Crippen LogP contribution in [0.2, 0.25) is 0 Å². The van der Waals surface area contributed by atoms with Crippen LogP contribution in [0, 0.1) is 0 Å². The van der Waals surface area contributed by atoms with Gasteiger partial charge < -0.3 is 19.4 Å². The predicted molar refractivity (Wildman–Crippen MR) is 135 cm³/mol. The van der Waals surface area contributed by atoms with Gasteiger partial charge in [-0.15, -0.1) is 0 Å². The Morgan fingerprint density at radius 1 is 0.941 bits per heavy atom. The summed E-state index contributed by atoms with van der Waals surface area (Å²) in [5.74, 6) is 1.85. The van der Waals surface area contributed by atoms with Crippen LogP contribution in [-0.4, -0.2) is 35.7 Å². The minimum absolute atomic E-state index is 0.0244. The molecule has 1 N–H and O–H groups in total. The van der Waals surface area contributed by atoms with Crippen molar-refractivity contribution < 1.29 is 14.3 Å². The fraction of sp³-hybridized carbons (Fsp3) is 0.286. The number of amides is 1. The number of rotatable bonds is 9. The summed E-state index contributed by atoms with van der Waals surface area (Å²) in [6.45, 7) is 3.95. The van der Waals surface area contributed by atoms with Crippen molar-refractivity contribution in [2.75, 3.05) is 14.2 Å². The van der Waals surface area contributed by atoms with Crippen LogP contribution in [-0.2, 0) is 11.2 Å². The van der Waals surface area contributed by atoms with Gasteiger partial charge in [-0.05, 0) is 56.5 Å². The Morgan fingerprint density at radius 3 is 2.38 bits per heavy atom. The van der Waals surface area contributed by atoms with E-state index in [1.54, 1.807) is 14.2 Å². The Morgan fingerprint density at radius 2 is 1.68 bits per heavy atom. The lowest BCUT2D eigenvalue weighted by Crippen LogP contribution is -2.37. The van der Waals surface area contributed by atoms with E-state index >= 15 is 0 Å². The molecule has 0 aliphatic carbocycles. The second-order valence-electron chi connectivity index (χ2n) is 8.54. The van der Waals surface area contributed by atoms with E-state index in [0.29, 0.717) is 23.7 Å². The molecule has 6 heteroatoms. The van der Waals surface area contributed by atoms with Crippen LogP contribution in [0.25, 0.3) is 22.4 Å². The minimum Gasteiger partial charge on any atom is -0.493 e. The summed E-state index contributed by atoms with van der Waals surface area (Å²) < 4.78 is 13.3. The Kier molecular flexibility index (Phi) is 7.16. The van der Waals surface area contributed by atoms with Crippen molar-refractivity contribution in [1.82, 2.24) is 14.9 Å². The average molecular weight is 458 g/mol. The minimum atomic E-state index is -0.457. The zero-order valence-corrected chi connectivity index (χ0v) is 20.1. The van der Waals surface area contributed by atoms with Crippen molar-refractivity contribution in [1.29, 1.82) is 0 Å². The van der Waals surface area contributed by atoms with E-state index in [4.69, 9.17) is 14.5 Å². The van der Waals surface area contributed by atoms with Crippen molar-refractivity contribution in [2.24, 2.45) is 0 Å². The van der Waals surface area contributed by atoms with Gasteiger partial charge in [0, 0.05) is 6.04 Å². The predicted octanol–water partition coefficient (Wildman–Crippen LogP) is 5.42. The maximum Gasteiger partial charge on any atom is 0.243 e. The van der Waals surface area contributed by atoms with Crippen LogP contribution in [0.4, 0.5) is 0 Å². The zero-order chi connectivity index (χ0) is 24.1. The molecule has 4 aromatic rings. The van der Waals surface area contributed by atoms with Gasteiger partial charge in [0.15, 0.2) is 11.5 Å². The van der Waals surface area contributed by atoms with E-state index in [9.17, 15) is 4.79 Å². The smallest absolute Gasteiger partial charge is 0.243 e. The summed E-state index contributed by atoms with van der Waals surface area (Å²) in [7, 11) is 3.23. The fourth-order valence-corrected chi connectivity index (χ4v) is 4.32. The normalized spacial score (nSPS) is 12.0. The highest BCUT2D eigenvalue weighted by Crippen LogP contribution is 2.40. The number of nitrogens with one attached hydrogen (secondary N) is 1. The van der Waals surface area contributed by atoms with Gasteiger partial charge in [-0.3, -0.25) is 4.79 Å². The first kappa shape index (κ1) is 23.4. The Labute approximate surface area is 200 Å². The summed E-state index contributed by atoms with van der Waals surface area (Å²) in [4.78, 5) is 18.5. The molecular weight excluding hydrogens is 426 g/mol. The number of hydrogen-bond acceptors (Lipinski definition) is 4. The van der Waals surface area contributed by atoms with Crippen LogP contribution in [0.1, 0.15) is 31.9 Å². The molecule has 0 saturated carbocycles. The highest BCUT2D eigenvalue weighted by atomic mass is 16.5.